The van der Waals surface area contributed by atoms with Crippen molar-refractivity contribution >= 4 is 0 Å². The van der Waals surface area contributed by atoms with Gasteiger partial charge in [0.1, 0.15) is 0 Å². The van der Waals surface area contributed by atoms with Gasteiger partial charge in [-0.05, 0) is 36.4 Å². The first-order chi connectivity index (χ1) is 8.63. The predicted octanol–water partition coefficient (Wildman–Crippen LogP) is 1.22. The second kappa shape index (κ2) is 5.09. The van der Waals surface area contributed by atoms with Gasteiger partial charge in [-0.25, -0.2) is 4.39 Å². The summed E-state index contributed by atoms with van der Waals surface area (Å²) >= 11 is 0. The van der Waals surface area contributed by atoms with Crippen molar-refractivity contribution in [3.63, 3.8) is 0 Å². The van der Waals surface area contributed by atoms with E-state index in [1.807, 2.05) is 0 Å². The van der Waals surface area contributed by atoms with Crippen LogP contribution < -0.4 is 10.5 Å². The molecule has 0 aliphatic carbocycles. The number of ether oxygens (including phenoxy) is 1. The third kappa shape index (κ3) is 2.30. The number of tetrazole rings is 1. The Morgan fingerprint density at radius 3 is 2.89 bits per heavy atom. The van der Waals surface area contributed by atoms with Crippen molar-refractivity contribution in [2.45, 2.75) is 19.9 Å². The SMILES string of the molecule is CCOc1ccc(-n2nnnc2C(C)N)cc1F. The molecule has 0 fully saturated rings. The molecule has 1 atom stereocenters. The third-order valence-electron chi connectivity index (χ3n) is 2.36. The zero-order valence-electron chi connectivity index (χ0n) is 10.2. The molecule has 6 nitrogen and oxygen atoms in total. The lowest BCUT2D eigenvalue weighted by Gasteiger charge is -2.09. The fourth-order valence-electron chi connectivity index (χ4n) is 1.56. The number of hydrogen-bond donors (Lipinski definition) is 1. The average molecular weight is 251 g/mol. The summed E-state index contributed by atoms with van der Waals surface area (Å²) in [6.45, 7) is 3.96. The lowest BCUT2D eigenvalue weighted by Crippen LogP contribution is -2.13. The highest BCUT2D eigenvalue weighted by Gasteiger charge is 2.13. The zero-order valence-corrected chi connectivity index (χ0v) is 10.2. The normalized spacial score (nSPS) is 12.4. The van der Waals surface area contributed by atoms with Gasteiger partial charge < -0.3 is 10.5 Å². The van der Waals surface area contributed by atoms with Crippen LogP contribution in [-0.4, -0.2) is 26.8 Å². The first-order valence-corrected chi connectivity index (χ1v) is 5.60. The van der Waals surface area contributed by atoms with Crippen molar-refractivity contribution in [1.29, 1.82) is 0 Å². The molecule has 0 spiro atoms. The maximum atomic E-state index is 13.7. The van der Waals surface area contributed by atoms with Gasteiger partial charge in [0.2, 0.25) is 0 Å². The van der Waals surface area contributed by atoms with Gasteiger partial charge >= 0.3 is 0 Å². The van der Waals surface area contributed by atoms with Gasteiger partial charge in [0.05, 0.1) is 18.3 Å². The monoisotopic (exact) mass is 251 g/mol. The standard InChI is InChI=1S/C11H14FN5O/c1-3-18-10-5-4-8(6-9(10)12)17-11(7(2)13)14-15-16-17/h4-7H,3,13H2,1-2H3. The molecule has 1 aromatic heterocycles. The summed E-state index contributed by atoms with van der Waals surface area (Å²) in [5, 5.41) is 11.1. The smallest absolute Gasteiger partial charge is 0.173 e. The molecule has 1 heterocycles. The van der Waals surface area contributed by atoms with Gasteiger partial charge in [0.25, 0.3) is 0 Å². The minimum absolute atomic E-state index is 0.205. The minimum atomic E-state index is -0.458. The van der Waals surface area contributed by atoms with Crippen LogP contribution in [-0.2, 0) is 0 Å². The summed E-state index contributed by atoms with van der Waals surface area (Å²) in [4.78, 5) is 0. The molecule has 1 unspecified atom stereocenters. The molecule has 2 rings (SSSR count). The van der Waals surface area contributed by atoms with E-state index in [1.165, 1.54) is 10.7 Å². The molecular formula is C11H14FN5O. The van der Waals surface area contributed by atoms with Crippen LogP contribution >= 0.6 is 0 Å². The summed E-state index contributed by atoms with van der Waals surface area (Å²) in [7, 11) is 0. The third-order valence-corrected chi connectivity index (χ3v) is 2.36. The first kappa shape index (κ1) is 12.4. The summed E-state index contributed by atoms with van der Waals surface area (Å²) in [6.07, 6.45) is 0. The molecule has 96 valence electrons. The van der Waals surface area contributed by atoms with Gasteiger partial charge in [-0.2, -0.15) is 4.68 Å². The highest BCUT2D eigenvalue weighted by molar-refractivity contribution is 5.38. The number of nitrogens with two attached hydrogens (primary N) is 1. The minimum Gasteiger partial charge on any atom is -0.491 e. The molecule has 0 saturated carbocycles. The van der Waals surface area contributed by atoms with E-state index in [-0.39, 0.29) is 11.8 Å². The Bertz CT molecular complexity index is 540. The van der Waals surface area contributed by atoms with Crippen LogP contribution in [0.1, 0.15) is 25.7 Å². The van der Waals surface area contributed by atoms with Crippen molar-refractivity contribution in [3.05, 3.63) is 29.8 Å². The average Bonchev–Trinajstić information content (AvgIpc) is 2.81. The summed E-state index contributed by atoms with van der Waals surface area (Å²) in [6, 6.07) is 4.19. The second-order valence-electron chi connectivity index (χ2n) is 3.79. The lowest BCUT2D eigenvalue weighted by atomic mass is 10.2. The Morgan fingerprint density at radius 1 is 1.50 bits per heavy atom. The topological polar surface area (TPSA) is 78.8 Å². The molecule has 0 radical (unpaired) electrons. The largest absolute Gasteiger partial charge is 0.491 e. The fourth-order valence-corrected chi connectivity index (χ4v) is 1.56. The van der Waals surface area contributed by atoms with Crippen molar-refractivity contribution in [3.8, 4) is 11.4 Å². The van der Waals surface area contributed by atoms with E-state index in [0.717, 1.165) is 0 Å². The Balaban J connectivity index is 2.39. The number of nitrogens with zero attached hydrogens (tertiary/aromatic N) is 4. The fraction of sp³-hybridized carbons (Fsp3) is 0.364. The van der Waals surface area contributed by atoms with E-state index in [4.69, 9.17) is 10.5 Å². The summed E-state index contributed by atoms with van der Waals surface area (Å²) in [5.41, 5.74) is 6.24. The molecule has 1 aromatic carbocycles. The van der Waals surface area contributed by atoms with Gasteiger partial charge in [-0.3, -0.25) is 0 Å². The van der Waals surface area contributed by atoms with Crippen LogP contribution in [0, 0.1) is 5.82 Å². The predicted molar refractivity (Wildman–Crippen MR) is 62.9 cm³/mol. The van der Waals surface area contributed by atoms with Crippen LogP contribution in [0.15, 0.2) is 18.2 Å². The zero-order chi connectivity index (χ0) is 13.1. The van der Waals surface area contributed by atoms with E-state index in [9.17, 15) is 4.39 Å². The Morgan fingerprint density at radius 2 is 2.28 bits per heavy atom. The van der Waals surface area contributed by atoms with Crippen LogP contribution in [0.25, 0.3) is 5.69 Å². The van der Waals surface area contributed by atoms with Crippen molar-refractivity contribution in [1.82, 2.24) is 20.2 Å². The Kier molecular flexibility index (Phi) is 3.52. The van der Waals surface area contributed by atoms with Crippen LogP contribution in [0.5, 0.6) is 5.75 Å². The van der Waals surface area contributed by atoms with E-state index in [0.29, 0.717) is 18.1 Å². The lowest BCUT2D eigenvalue weighted by molar-refractivity contribution is 0.321. The van der Waals surface area contributed by atoms with E-state index in [1.54, 1.807) is 26.0 Å². The molecule has 18 heavy (non-hydrogen) atoms. The number of rotatable bonds is 4. The Hall–Kier alpha value is -2.02. The van der Waals surface area contributed by atoms with E-state index in [2.05, 4.69) is 15.5 Å². The number of hydrogen-bond acceptors (Lipinski definition) is 5. The molecule has 0 bridgehead atoms. The molecule has 0 aliphatic rings. The molecule has 7 heteroatoms. The molecule has 0 aliphatic heterocycles. The summed E-state index contributed by atoms with van der Waals surface area (Å²) < 4.78 is 20.3. The van der Waals surface area contributed by atoms with Crippen LogP contribution in [0.4, 0.5) is 4.39 Å². The van der Waals surface area contributed by atoms with Crippen molar-refractivity contribution in [2.24, 2.45) is 5.73 Å². The molecule has 0 amide bonds. The maximum Gasteiger partial charge on any atom is 0.173 e. The number of aromatic nitrogens is 4. The van der Waals surface area contributed by atoms with E-state index >= 15 is 0 Å². The Labute approximate surface area is 104 Å². The van der Waals surface area contributed by atoms with Crippen molar-refractivity contribution in [2.75, 3.05) is 6.61 Å². The van der Waals surface area contributed by atoms with Gasteiger partial charge in [-0.1, -0.05) is 0 Å². The number of benzene rings is 1. The molecule has 2 N–H and O–H groups in total. The first-order valence-electron chi connectivity index (χ1n) is 5.60. The molecule has 2 aromatic rings. The molecular weight excluding hydrogens is 237 g/mol. The summed E-state index contributed by atoms with van der Waals surface area (Å²) in [5.74, 6) is 0.218. The quantitative estimate of drug-likeness (QED) is 0.883. The second-order valence-corrected chi connectivity index (χ2v) is 3.79. The highest BCUT2D eigenvalue weighted by atomic mass is 19.1. The maximum absolute atomic E-state index is 13.7. The van der Waals surface area contributed by atoms with E-state index < -0.39 is 5.82 Å². The van der Waals surface area contributed by atoms with Gasteiger partial charge in [0, 0.05) is 6.07 Å². The molecule has 0 saturated heterocycles. The highest BCUT2D eigenvalue weighted by Crippen LogP contribution is 2.21. The number of halogens is 1. The van der Waals surface area contributed by atoms with Crippen molar-refractivity contribution < 1.29 is 9.13 Å². The van der Waals surface area contributed by atoms with Crippen LogP contribution in [0.2, 0.25) is 0 Å². The van der Waals surface area contributed by atoms with Gasteiger partial charge in [0.15, 0.2) is 17.4 Å². The van der Waals surface area contributed by atoms with Crippen LogP contribution in [0.3, 0.4) is 0 Å². The van der Waals surface area contributed by atoms with Gasteiger partial charge in [-0.15, -0.1) is 5.10 Å².